The number of likely N-dealkylation sites (tertiary alicyclic amines) is 1. The largest absolute Gasteiger partial charge is 0.314 e. The van der Waals surface area contributed by atoms with Crippen molar-refractivity contribution in [3.05, 3.63) is 0 Å². The minimum absolute atomic E-state index is 0.838. The van der Waals surface area contributed by atoms with Gasteiger partial charge in [-0.1, -0.05) is 32.6 Å². The third-order valence-electron chi connectivity index (χ3n) is 4.97. The van der Waals surface area contributed by atoms with Crippen LogP contribution in [0.3, 0.4) is 0 Å². The van der Waals surface area contributed by atoms with Gasteiger partial charge in [0.1, 0.15) is 0 Å². The molecule has 0 spiro atoms. The van der Waals surface area contributed by atoms with Gasteiger partial charge < -0.3 is 10.2 Å². The van der Waals surface area contributed by atoms with Crippen molar-refractivity contribution in [2.24, 2.45) is 5.92 Å². The minimum atomic E-state index is 0.838. The van der Waals surface area contributed by atoms with Crippen LogP contribution in [0.25, 0.3) is 0 Å². The summed E-state index contributed by atoms with van der Waals surface area (Å²) in [5, 5.41) is 3.75. The summed E-state index contributed by atoms with van der Waals surface area (Å²) in [7, 11) is 0. The number of hydrogen-bond donors (Lipinski definition) is 1. The average Bonchev–Trinajstić information content (AvgIpc) is 2.45. The molecule has 2 aliphatic rings. The molecule has 1 aliphatic heterocycles. The highest BCUT2D eigenvalue weighted by Gasteiger charge is 2.17. The summed E-state index contributed by atoms with van der Waals surface area (Å²) in [4.78, 5) is 2.68. The van der Waals surface area contributed by atoms with Gasteiger partial charge in [-0.05, 0) is 64.2 Å². The first kappa shape index (κ1) is 14.3. The first-order chi connectivity index (χ1) is 8.88. The van der Waals surface area contributed by atoms with Crippen LogP contribution in [0.15, 0.2) is 0 Å². The Kier molecular flexibility index (Phi) is 6.50. The quantitative estimate of drug-likeness (QED) is 0.729. The topological polar surface area (TPSA) is 15.3 Å². The standard InChI is InChI=1S/C16H32N2/c1-2-15-9-13-18(14-10-15)12-6-11-17-16-7-4-3-5-8-16/h15-17H,2-14H2,1H3. The predicted molar refractivity (Wildman–Crippen MR) is 78.9 cm³/mol. The van der Waals surface area contributed by atoms with Gasteiger partial charge in [-0.2, -0.15) is 0 Å². The molecule has 1 saturated carbocycles. The Balaban J connectivity index is 1.48. The fourth-order valence-electron chi connectivity index (χ4n) is 3.53. The first-order valence-electron chi connectivity index (χ1n) is 8.34. The van der Waals surface area contributed by atoms with Gasteiger partial charge in [0.15, 0.2) is 0 Å². The summed E-state index contributed by atoms with van der Waals surface area (Å²) in [5.41, 5.74) is 0. The predicted octanol–water partition coefficient (Wildman–Crippen LogP) is 3.42. The molecule has 0 unspecified atom stereocenters. The zero-order valence-corrected chi connectivity index (χ0v) is 12.3. The van der Waals surface area contributed by atoms with Crippen molar-refractivity contribution in [3.63, 3.8) is 0 Å². The van der Waals surface area contributed by atoms with E-state index in [9.17, 15) is 0 Å². The number of nitrogens with one attached hydrogen (secondary N) is 1. The molecule has 0 aromatic heterocycles. The lowest BCUT2D eigenvalue weighted by molar-refractivity contribution is 0.179. The Labute approximate surface area is 114 Å². The Hall–Kier alpha value is -0.0800. The van der Waals surface area contributed by atoms with Gasteiger partial charge in [0.05, 0.1) is 0 Å². The van der Waals surface area contributed by atoms with Crippen molar-refractivity contribution in [3.8, 4) is 0 Å². The number of piperidine rings is 1. The van der Waals surface area contributed by atoms with E-state index in [-0.39, 0.29) is 0 Å². The second-order valence-corrected chi connectivity index (χ2v) is 6.34. The molecule has 2 nitrogen and oxygen atoms in total. The van der Waals surface area contributed by atoms with Gasteiger partial charge >= 0.3 is 0 Å². The zero-order chi connectivity index (χ0) is 12.6. The van der Waals surface area contributed by atoms with Gasteiger partial charge in [-0.15, -0.1) is 0 Å². The van der Waals surface area contributed by atoms with Crippen LogP contribution in [0.1, 0.15) is 64.7 Å². The molecule has 0 aromatic carbocycles. The second kappa shape index (κ2) is 8.16. The lowest BCUT2D eigenvalue weighted by atomic mass is 9.94. The van der Waals surface area contributed by atoms with E-state index in [1.807, 2.05) is 0 Å². The van der Waals surface area contributed by atoms with E-state index in [0.717, 1.165) is 12.0 Å². The van der Waals surface area contributed by atoms with E-state index in [4.69, 9.17) is 0 Å². The summed E-state index contributed by atoms with van der Waals surface area (Å²) in [6, 6.07) is 0.838. The minimum Gasteiger partial charge on any atom is -0.314 e. The fraction of sp³-hybridized carbons (Fsp3) is 1.00. The van der Waals surface area contributed by atoms with Gasteiger partial charge in [0.25, 0.3) is 0 Å². The molecule has 1 saturated heterocycles. The molecule has 1 aliphatic carbocycles. The maximum Gasteiger partial charge on any atom is 0.00670 e. The van der Waals surface area contributed by atoms with E-state index in [2.05, 4.69) is 17.1 Å². The van der Waals surface area contributed by atoms with Crippen molar-refractivity contribution in [1.82, 2.24) is 10.2 Å². The molecule has 2 heteroatoms. The maximum atomic E-state index is 3.75. The van der Waals surface area contributed by atoms with Crippen molar-refractivity contribution in [2.45, 2.75) is 70.8 Å². The van der Waals surface area contributed by atoms with Crippen molar-refractivity contribution in [2.75, 3.05) is 26.2 Å². The smallest absolute Gasteiger partial charge is 0.00670 e. The molecular weight excluding hydrogens is 220 g/mol. The van der Waals surface area contributed by atoms with Crippen LogP contribution in [-0.2, 0) is 0 Å². The summed E-state index contributed by atoms with van der Waals surface area (Å²) in [5.74, 6) is 1.02. The lowest BCUT2D eigenvalue weighted by Gasteiger charge is -2.31. The Morgan fingerprint density at radius 3 is 2.39 bits per heavy atom. The van der Waals surface area contributed by atoms with Crippen LogP contribution in [0.4, 0.5) is 0 Å². The summed E-state index contributed by atoms with van der Waals surface area (Å²) in [6.45, 7) is 7.59. The van der Waals surface area contributed by atoms with E-state index in [1.165, 1.54) is 84.0 Å². The fourth-order valence-corrected chi connectivity index (χ4v) is 3.53. The first-order valence-corrected chi connectivity index (χ1v) is 8.34. The molecule has 0 atom stereocenters. The molecule has 18 heavy (non-hydrogen) atoms. The van der Waals surface area contributed by atoms with Gasteiger partial charge in [0, 0.05) is 6.04 Å². The summed E-state index contributed by atoms with van der Waals surface area (Å²) < 4.78 is 0. The van der Waals surface area contributed by atoms with Crippen LogP contribution < -0.4 is 5.32 Å². The van der Waals surface area contributed by atoms with Crippen LogP contribution in [0.2, 0.25) is 0 Å². The van der Waals surface area contributed by atoms with Crippen molar-refractivity contribution >= 4 is 0 Å². The lowest BCUT2D eigenvalue weighted by Crippen LogP contribution is -2.37. The SMILES string of the molecule is CCC1CCN(CCCNC2CCCCC2)CC1. The van der Waals surface area contributed by atoms with Crippen LogP contribution in [-0.4, -0.2) is 37.1 Å². The summed E-state index contributed by atoms with van der Waals surface area (Å²) in [6.07, 6.45) is 12.8. The average molecular weight is 252 g/mol. The van der Waals surface area contributed by atoms with E-state index in [0.29, 0.717) is 0 Å². The molecule has 0 aromatic rings. The van der Waals surface area contributed by atoms with E-state index >= 15 is 0 Å². The molecule has 1 heterocycles. The van der Waals surface area contributed by atoms with E-state index in [1.54, 1.807) is 0 Å². The highest BCUT2D eigenvalue weighted by Crippen LogP contribution is 2.20. The Bertz CT molecular complexity index is 203. The Morgan fingerprint density at radius 2 is 1.72 bits per heavy atom. The normalized spacial score (nSPS) is 24.5. The van der Waals surface area contributed by atoms with Gasteiger partial charge in [-0.3, -0.25) is 0 Å². The molecule has 1 N–H and O–H groups in total. The third kappa shape index (κ3) is 4.89. The van der Waals surface area contributed by atoms with Gasteiger partial charge in [0.2, 0.25) is 0 Å². The van der Waals surface area contributed by atoms with E-state index < -0.39 is 0 Å². The molecule has 2 fully saturated rings. The van der Waals surface area contributed by atoms with Crippen LogP contribution >= 0.6 is 0 Å². The number of nitrogens with zero attached hydrogens (tertiary/aromatic N) is 1. The molecular formula is C16H32N2. The number of rotatable bonds is 6. The van der Waals surface area contributed by atoms with Crippen LogP contribution in [0, 0.1) is 5.92 Å². The highest BCUT2D eigenvalue weighted by atomic mass is 15.1. The third-order valence-corrected chi connectivity index (χ3v) is 4.97. The van der Waals surface area contributed by atoms with Crippen molar-refractivity contribution < 1.29 is 0 Å². The molecule has 0 amide bonds. The van der Waals surface area contributed by atoms with Crippen molar-refractivity contribution in [1.29, 1.82) is 0 Å². The molecule has 2 rings (SSSR count). The number of hydrogen-bond acceptors (Lipinski definition) is 2. The zero-order valence-electron chi connectivity index (χ0n) is 12.3. The Morgan fingerprint density at radius 1 is 1.00 bits per heavy atom. The van der Waals surface area contributed by atoms with Crippen LogP contribution in [0.5, 0.6) is 0 Å². The molecule has 0 bridgehead atoms. The second-order valence-electron chi connectivity index (χ2n) is 6.34. The monoisotopic (exact) mass is 252 g/mol. The summed E-state index contributed by atoms with van der Waals surface area (Å²) >= 11 is 0. The maximum absolute atomic E-state index is 3.75. The van der Waals surface area contributed by atoms with Gasteiger partial charge in [-0.25, -0.2) is 0 Å². The molecule has 0 radical (unpaired) electrons. The molecule has 106 valence electrons. The highest BCUT2D eigenvalue weighted by molar-refractivity contribution is 4.74.